The average molecular weight is 411 g/mol. The molecule has 0 unspecified atom stereocenters. The maximum atomic E-state index is 12.3. The van der Waals surface area contributed by atoms with Crippen molar-refractivity contribution >= 4 is 29.1 Å². The molecule has 1 saturated heterocycles. The monoisotopic (exact) mass is 411 g/mol. The highest BCUT2D eigenvalue weighted by Crippen LogP contribution is 2.27. The third kappa shape index (κ3) is 5.81. The summed E-state index contributed by atoms with van der Waals surface area (Å²) < 4.78 is 5.49. The zero-order chi connectivity index (χ0) is 21.5. The highest BCUT2D eigenvalue weighted by Gasteiger charge is 2.35. The number of anilines is 2. The summed E-state index contributed by atoms with van der Waals surface area (Å²) >= 11 is 0. The second-order valence-electron chi connectivity index (χ2n) is 7.20. The Bertz CT molecular complexity index is 883. The van der Waals surface area contributed by atoms with E-state index in [0.29, 0.717) is 17.1 Å². The minimum atomic E-state index is -0.635. The Hall–Kier alpha value is -3.39. The van der Waals surface area contributed by atoms with Crippen molar-refractivity contribution in [2.24, 2.45) is 5.92 Å². The molecule has 3 amide bonds. The number of carbonyl (C=O) groups is 3. The molecule has 1 aliphatic heterocycles. The smallest absolute Gasteiger partial charge is 0.262 e. The molecule has 2 aromatic rings. The third-order valence-corrected chi connectivity index (χ3v) is 4.64. The molecular formula is C22H25N3O5. The van der Waals surface area contributed by atoms with Gasteiger partial charge in [-0.25, -0.2) is 0 Å². The molecule has 0 saturated carbocycles. The van der Waals surface area contributed by atoms with Gasteiger partial charge in [-0.05, 0) is 43.3 Å². The average Bonchev–Trinajstić information content (AvgIpc) is 3.13. The summed E-state index contributed by atoms with van der Waals surface area (Å²) in [5.74, 6) is -0.598. The molecule has 3 rings (SSSR count). The molecule has 2 aromatic carbocycles. The second-order valence-corrected chi connectivity index (χ2v) is 7.20. The van der Waals surface area contributed by atoms with Gasteiger partial charge >= 0.3 is 0 Å². The lowest BCUT2D eigenvalue weighted by Crippen LogP contribution is -2.36. The summed E-state index contributed by atoms with van der Waals surface area (Å²) in [5, 5.41) is 14.7. The first kappa shape index (κ1) is 21.3. The lowest BCUT2D eigenvalue weighted by atomic mass is 10.1. The van der Waals surface area contributed by atoms with Gasteiger partial charge in [0.05, 0.1) is 12.0 Å². The van der Waals surface area contributed by atoms with Crippen LogP contribution in [0.25, 0.3) is 0 Å². The highest BCUT2D eigenvalue weighted by molar-refractivity contribution is 6.00. The van der Waals surface area contributed by atoms with Gasteiger partial charge in [0.1, 0.15) is 5.75 Å². The van der Waals surface area contributed by atoms with Gasteiger partial charge in [-0.2, -0.15) is 0 Å². The number of hydrogen-bond donors (Lipinski definition) is 3. The third-order valence-electron chi connectivity index (χ3n) is 4.64. The molecule has 0 radical (unpaired) electrons. The van der Waals surface area contributed by atoms with Crippen LogP contribution in [0.4, 0.5) is 11.4 Å². The number of amides is 3. The number of rotatable bonds is 8. The second kappa shape index (κ2) is 9.89. The molecule has 30 heavy (non-hydrogen) atoms. The predicted octanol–water partition coefficient (Wildman–Crippen LogP) is 1.55. The Morgan fingerprint density at radius 2 is 1.87 bits per heavy atom. The van der Waals surface area contributed by atoms with Crippen molar-refractivity contribution in [1.82, 2.24) is 5.32 Å². The van der Waals surface area contributed by atoms with Crippen molar-refractivity contribution in [3.63, 3.8) is 0 Å². The Labute approximate surface area is 174 Å². The van der Waals surface area contributed by atoms with Crippen molar-refractivity contribution in [3.05, 3.63) is 54.6 Å². The van der Waals surface area contributed by atoms with Gasteiger partial charge < -0.3 is 25.4 Å². The molecule has 3 N–H and O–H groups in total. The summed E-state index contributed by atoms with van der Waals surface area (Å²) in [7, 11) is 0. The van der Waals surface area contributed by atoms with Crippen LogP contribution in [0.2, 0.25) is 0 Å². The highest BCUT2D eigenvalue weighted by atomic mass is 16.5. The van der Waals surface area contributed by atoms with E-state index in [-0.39, 0.29) is 43.8 Å². The molecular weight excluding hydrogens is 386 g/mol. The van der Waals surface area contributed by atoms with Gasteiger partial charge in [0.2, 0.25) is 11.8 Å². The summed E-state index contributed by atoms with van der Waals surface area (Å²) in [5.41, 5.74) is 1.35. The molecule has 1 aliphatic rings. The van der Waals surface area contributed by atoms with E-state index in [1.54, 1.807) is 48.2 Å². The van der Waals surface area contributed by atoms with Crippen LogP contribution in [0.5, 0.6) is 5.75 Å². The SMILES string of the molecule is C[C@H](O)CNC(=O)[C@@H]1CC(=O)N(c2ccc(OCC(=O)Nc3ccccc3)cc2)C1. The van der Waals surface area contributed by atoms with Crippen LogP contribution in [-0.2, 0) is 14.4 Å². The largest absolute Gasteiger partial charge is 0.484 e. The maximum absolute atomic E-state index is 12.3. The van der Waals surface area contributed by atoms with Crippen molar-refractivity contribution < 1.29 is 24.2 Å². The van der Waals surface area contributed by atoms with Gasteiger partial charge in [0, 0.05) is 30.9 Å². The first-order valence-corrected chi connectivity index (χ1v) is 9.76. The zero-order valence-electron chi connectivity index (χ0n) is 16.7. The van der Waals surface area contributed by atoms with Crippen molar-refractivity contribution in [2.75, 3.05) is 29.9 Å². The van der Waals surface area contributed by atoms with Crippen molar-refractivity contribution in [2.45, 2.75) is 19.4 Å². The normalized spacial score (nSPS) is 16.8. The quantitative estimate of drug-likeness (QED) is 0.611. The lowest BCUT2D eigenvalue weighted by Gasteiger charge is -2.17. The number of nitrogens with zero attached hydrogens (tertiary/aromatic N) is 1. The molecule has 0 bridgehead atoms. The number of para-hydroxylation sites is 1. The zero-order valence-corrected chi connectivity index (χ0v) is 16.7. The Balaban J connectivity index is 1.51. The Kier molecular flexibility index (Phi) is 7.03. The van der Waals surface area contributed by atoms with Gasteiger partial charge in [0.15, 0.2) is 6.61 Å². The molecule has 158 valence electrons. The molecule has 8 nitrogen and oxygen atoms in total. The fraction of sp³-hybridized carbons (Fsp3) is 0.318. The van der Waals surface area contributed by atoms with Gasteiger partial charge in [-0.1, -0.05) is 18.2 Å². The maximum Gasteiger partial charge on any atom is 0.262 e. The topological polar surface area (TPSA) is 108 Å². The molecule has 1 heterocycles. The van der Waals surface area contributed by atoms with E-state index in [2.05, 4.69) is 10.6 Å². The minimum absolute atomic E-state index is 0.129. The number of aliphatic hydroxyl groups is 1. The van der Waals surface area contributed by atoms with Gasteiger partial charge in [-0.15, -0.1) is 0 Å². The fourth-order valence-corrected chi connectivity index (χ4v) is 3.12. The first-order chi connectivity index (χ1) is 14.4. The standard InChI is InChI=1S/C22H25N3O5/c1-15(26)12-23-22(29)16-11-21(28)25(13-16)18-7-9-19(10-8-18)30-14-20(27)24-17-5-3-2-4-6-17/h2-10,15-16,26H,11-14H2,1H3,(H,23,29)(H,24,27)/t15-,16+/m0/s1. The van der Waals surface area contributed by atoms with Crippen molar-refractivity contribution in [1.29, 1.82) is 0 Å². The minimum Gasteiger partial charge on any atom is -0.484 e. The number of benzene rings is 2. The van der Waals surface area contributed by atoms with E-state index < -0.39 is 12.0 Å². The van der Waals surface area contributed by atoms with Gasteiger partial charge in [-0.3, -0.25) is 14.4 Å². The van der Waals surface area contributed by atoms with Crippen LogP contribution >= 0.6 is 0 Å². The molecule has 0 spiro atoms. The predicted molar refractivity (Wildman–Crippen MR) is 112 cm³/mol. The summed E-state index contributed by atoms with van der Waals surface area (Å²) in [4.78, 5) is 38.0. The van der Waals surface area contributed by atoms with Gasteiger partial charge in [0.25, 0.3) is 5.91 Å². The van der Waals surface area contributed by atoms with Crippen LogP contribution in [0.1, 0.15) is 13.3 Å². The number of ether oxygens (including phenoxy) is 1. The first-order valence-electron chi connectivity index (χ1n) is 9.76. The Morgan fingerprint density at radius 3 is 2.53 bits per heavy atom. The Morgan fingerprint density at radius 1 is 1.17 bits per heavy atom. The molecule has 0 aromatic heterocycles. The summed E-state index contributed by atoms with van der Waals surface area (Å²) in [6.07, 6.45) is -0.506. The number of aliphatic hydroxyl groups excluding tert-OH is 1. The van der Waals surface area contributed by atoms with E-state index >= 15 is 0 Å². The van der Waals surface area contributed by atoms with Crippen molar-refractivity contribution in [3.8, 4) is 5.75 Å². The molecule has 0 aliphatic carbocycles. The van der Waals surface area contributed by atoms with E-state index in [1.807, 2.05) is 18.2 Å². The van der Waals surface area contributed by atoms with Crippen LogP contribution in [0.3, 0.4) is 0 Å². The van der Waals surface area contributed by atoms with E-state index in [0.717, 1.165) is 0 Å². The number of nitrogens with one attached hydrogen (secondary N) is 2. The molecule has 1 fully saturated rings. The van der Waals surface area contributed by atoms with Crippen LogP contribution in [0, 0.1) is 5.92 Å². The van der Waals surface area contributed by atoms with E-state index in [1.165, 1.54) is 0 Å². The molecule has 2 atom stereocenters. The number of hydrogen-bond acceptors (Lipinski definition) is 5. The lowest BCUT2D eigenvalue weighted by molar-refractivity contribution is -0.126. The fourth-order valence-electron chi connectivity index (χ4n) is 3.12. The molecule has 8 heteroatoms. The van der Waals surface area contributed by atoms with E-state index in [9.17, 15) is 19.5 Å². The summed E-state index contributed by atoms with van der Waals surface area (Å²) in [6.45, 7) is 1.89. The van der Waals surface area contributed by atoms with Crippen LogP contribution in [0.15, 0.2) is 54.6 Å². The van der Waals surface area contributed by atoms with Crippen LogP contribution in [-0.4, -0.2) is 48.6 Å². The van der Waals surface area contributed by atoms with E-state index in [4.69, 9.17) is 4.74 Å². The number of carbonyl (C=O) groups excluding carboxylic acids is 3. The van der Waals surface area contributed by atoms with Crippen LogP contribution < -0.4 is 20.3 Å². The summed E-state index contributed by atoms with van der Waals surface area (Å²) in [6, 6.07) is 15.9.